The average Bonchev–Trinajstić information content (AvgIpc) is 2.55. The van der Waals surface area contributed by atoms with Crippen molar-refractivity contribution in [3.05, 3.63) is 17.5 Å². The summed E-state index contributed by atoms with van der Waals surface area (Å²) in [5.74, 6) is -0.715. The van der Waals surface area contributed by atoms with Crippen molar-refractivity contribution in [3.8, 4) is 0 Å². The van der Waals surface area contributed by atoms with E-state index in [4.69, 9.17) is 9.88 Å². The Bertz CT molecular complexity index is 558. The van der Waals surface area contributed by atoms with E-state index in [1.807, 2.05) is 0 Å². The van der Waals surface area contributed by atoms with E-state index in [9.17, 15) is 18.0 Å². The maximum atomic E-state index is 11.5. The lowest BCUT2D eigenvalue weighted by atomic mass is 10.4. The summed E-state index contributed by atoms with van der Waals surface area (Å²) < 4.78 is 28.3. The lowest BCUT2D eigenvalue weighted by molar-refractivity contribution is 0.0515. The molecule has 1 aromatic rings. The molecule has 0 radical (unpaired) electrons. The predicted molar refractivity (Wildman–Crippen MR) is 58.1 cm³/mol. The Morgan fingerprint density at radius 2 is 2.18 bits per heavy atom. The zero-order chi connectivity index (χ0) is 13.2. The molecule has 0 aliphatic heterocycles. The van der Waals surface area contributed by atoms with Gasteiger partial charge in [-0.2, -0.15) is 0 Å². The summed E-state index contributed by atoms with van der Waals surface area (Å²) in [7, 11) is -2.68. The van der Waals surface area contributed by atoms with Crippen LogP contribution in [-0.4, -0.2) is 31.8 Å². The fourth-order valence-corrected chi connectivity index (χ4v) is 2.11. The largest absolute Gasteiger partial charge is 0.461 e. The number of carbonyl (C=O) groups is 2. The third kappa shape index (κ3) is 2.53. The molecule has 0 unspecified atom stereocenters. The van der Waals surface area contributed by atoms with Crippen LogP contribution >= 0.6 is 0 Å². The van der Waals surface area contributed by atoms with Gasteiger partial charge in [-0.1, -0.05) is 0 Å². The number of hydrogen-bond donors (Lipinski definition) is 1. The van der Waals surface area contributed by atoms with Crippen LogP contribution < -0.4 is 5.14 Å². The number of ether oxygens (including phenoxy) is 1. The molecule has 0 aliphatic carbocycles. The van der Waals surface area contributed by atoms with Crippen molar-refractivity contribution in [1.29, 1.82) is 0 Å². The van der Waals surface area contributed by atoms with Crippen LogP contribution in [0.2, 0.25) is 0 Å². The molecule has 2 N–H and O–H groups in total. The second-order valence-electron chi connectivity index (χ2n) is 3.22. The van der Waals surface area contributed by atoms with E-state index in [0.29, 0.717) is 6.29 Å². The molecule has 0 saturated carbocycles. The highest BCUT2D eigenvalue weighted by Crippen LogP contribution is 2.18. The molecule has 1 rings (SSSR count). The number of nitrogens with two attached hydrogens (primary N) is 1. The monoisotopic (exact) mass is 260 g/mol. The van der Waals surface area contributed by atoms with E-state index in [2.05, 4.69) is 0 Å². The third-order valence-corrected chi connectivity index (χ3v) is 3.09. The summed E-state index contributed by atoms with van der Waals surface area (Å²) >= 11 is 0. The second kappa shape index (κ2) is 4.68. The number of rotatable bonds is 4. The molecule has 0 aliphatic rings. The number of nitrogens with zero attached hydrogens (tertiary/aromatic N) is 1. The van der Waals surface area contributed by atoms with Crippen molar-refractivity contribution >= 4 is 22.3 Å². The number of esters is 1. The minimum atomic E-state index is -4.06. The van der Waals surface area contributed by atoms with Gasteiger partial charge in [-0.3, -0.25) is 4.79 Å². The molecule has 0 fully saturated rings. The highest BCUT2D eigenvalue weighted by Gasteiger charge is 2.24. The van der Waals surface area contributed by atoms with Crippen LogP contribution in [0.4, 0.5) is 0 Å². The fraction of sp³-hybridized carbons (Fsp3) is 0.333. The van der Waals surface area contributed by atoms with Crippen molar-refractivity contribution in [1.82, 2.24) is 4.57 Å². The first-order valence-corrected chi connectivity index (χ1v) is 6.22. The van der Waals surface area contributed by atoms with Crippen LogP contribution in [-0.2, 0) is 21.8 Å². The molecule has 0 bridgehead atoms. The molecule has 7 nitrogen and oxygen atoms in total. The molecule has 8 heteroatoms. The van der Waals surface area contributed by atoms with Gasteiger partial charge in [0.05, 0.1) is 6.61 Å². The summed E-state index contributed by atoms with van der Waals surface area (Å²) in [6.45, 7) is 1.76. The van der Waals surface area contributed by atoms with Crippen LogP contribution in [0.25, 0.3) is 0 Å². The van der Waals surface area contributed by atoms with E-state index < -0.39 is 20.9 Å². The van der Waals surface area contributed by atoms with E-state index in [1.165, 1.54) is 7.05 Å². The van der Waals surface area contributed by atoms with Gasteiger partial charge < -0.3 is 9.30 Å². The molecule has 17 heavy (non-hydrogen) atoms. The minimum Gasteiger partial charge on any atom is -0.461 e. The Balaban J connectivity index is 3.43. The van der Waals surface area contributed by atoms with Gasteiger partial charge >= 0.3 is 5.97 Å². The number of sulfonamides is 1. The Morgan fingerprint density at radius 1 is 1.59 bits per heavy atom. The normalized spacial score (nSPS) is 11.2. The zero-order valence-corrected chi connectivity index (χ0v) is 10.2. The Morgan fingerprint density at radius 3 is 2.53 bits per heavy atom. The van der Waals surface area contributed by atoms with Crippen LogP contribution in [0.15, 0.2) is 11.0 Å². The number of aromatic nitrogens is 1. The van der Waals surface area contributed by atoms with E-state index >= 15 is 0 Å². The highest BCUT2D eigenvalue weighted by molar-refractivity contribution is 7.89. The Kier molecular flexibility index (Phi) is 3.69. The smallest absolute Gasteiger partial charge is 0.354 e. The molecule has 0 atom stereocenters. The highest BCUT2D eigenvalue weighted by atomic mass is 32.2. The minimum absolute atomic E-state index is 0.0435. The fourth-order valence-electron chi connectivity index (χ4n) is 1.36. The SMILES string of the molecule is CCOC(=O)c1cc(S(N)(=O)=O)c(C=O)n1C. The quantitative estimate of drug-likeness (QED) is 0.588. The maximum Gasteiger partial charge on any atom is 0.354 e. The number of carbonyl (C=O) groups excluding carboxylic acids is 2. The first-order valence-electron chi connectivity index (χ1n) is 4.67. The number of hydrogen-bond acceptors (Lipinski definition) is 5. The summed E-state index contributed by atoms with van der Waals surface area (Å²) in [5, 5.41) is 4.94. The van der Waals surface area contributed by atoms with E-state index in [-0.39, 0.29) is 18.0 Å². The van der Waals surface area contributed by atoms with Gasteiger partial charge in [0.25, 0.3) is 0 Å². The molecular weight excluding hydrogens is 248 g/mol. The van der Waals surface area contributed by atoms with Gasteiger partial charge in [0.2, 0.25) is 10.0 Å². The lowest BCUT2D eigenvalue weighted by Crippen LogP contribution is -2.14. The molecule has 0 amide bonds. The second-order valence-corrected chi connectivity index (χ2v) is 4.75. The first kappa shape index (κ1) is 13.4. The van der Waals surface area contributed by atoms with E-state index in [1.54, 1.807) is 6.92 Å². The summed E-state index contributed by atoms with van der Waals surface area (Å²) in [5.41, 5.74) is -0.228. The number of aldehydes is 1. The molecule has 1 heterocycles. The van der Waals surface area contributed by atoms with Gasteiger partial charge in [0.15, 0.2) is 6.29 Å². The number of primary sulfonamides is 1. The van der Waals surface area contributed by atoms with Crippen LogP contribution in [0.3, 0.4) is 0 Å². The lowest BCUT2D eigenvalue weighted by Gasteiger charge is -2.03. The Hall–Kier alpha value is -1.67. The van der Waals surface area contributed by atoms with Gasteiger partial charge in [-0.05, 0) is 13.0 Å². The molecule has 1 aromatic heterocycles. The van der Waals surface area contributed by atoms with Crippen molar-refractivity contribution in [2.45, 2.75) is 11.8 Å². The van der Waals surface area contributed by atoms with Gasteiger partial charge in [-0.25, -0.2) is 18.4 Å². The van der Waals surface area contributed by atoms with Crippen molar-refractivity contribution in [3.63, 3.8) is 0 Å². The van der Waals surface area contributed by atoms with Crippen molar-refractivity contribution in [2.75, 3.05) is 6.61 Å². The molecular formula is C9H12N2O5S. The van der Waals surface area contributed by atoms with Crippen molar-refractivity contribution in [2.24, 2.45) is 12.2 Å². The summed E-state index contributed by atoms with van der Waals surface area (Å²) in [4.78, 5) is 21.9. The third-order valence-electron chi connectivity index (χ3n) is 2.15. The standard InChI is InChI=1S/C9H12N2O5S/c1-3-16-9(13)6-4-8(17(10,14)15)7(5-12)11(6)2/h4-5H,3H2,1-2H3,(H2,10,14,15). The zero-order valence-electron chi connectivity index (χ0n) is 9.34. The Labute approximate surface area is 98.2 Å². The van der Waals surface area contributed by atoms with Crippen LogP contribution in [0.1, 0.15) is 27.9 Å². The summed E-state index contributed by atoms with van der Waals surface area (Å²) in [6, 6.07) is 1.02. The molecule has 0 aromatic carbocycles. The van der Waals surface area contributed by atoms with Gasteiger partial charge in [0.1, 0.15) is 16.3 Å². The average molecular weight is 260 g/mol. The molecule has 0 spiro atoms. The van der Waals surface area contributed by atoms with E-state index in [0.717, 1.165) is 10.6 Å². The maximum absolute atomic E-state index is 11.5. The van der Waals surface area contributed by atoms with Crippen molar-refractivity contribution < 1.29 is 22.7 Å². The van der Waals surface area contributed by atoms with Gasteiger partial charge in [-0.15, -0.1) is 0 Å². The first-order chi connectivity index (χ1) is 7.82. The predicted octanol–water partition coefficient (Wildman–Crippen LogP) is -0.338. The molecule has 94 valence electrons. The van der Waals surface area contributed by atoms with Gasteiger partial charge in [0, 0.05) is 7.05 Å². The molecule has 0 saturated heterocycles. The summed E-state index contributed by atoms with van der Waals surface area (Å²) in [6.07, 6.45) is 0.322. The van der Waals surface area contributed by atoms with Crippen LogP contribution in [0.5, 0.6) is 0 Å². The van der Waals surface area contributed by atoms with Crippen LogP contribution in [0, 0.1) is 0 Å². The topological polar surface area (TPSA) is 108 Å².